The number of anilines is 1. The molecule has 0 aliphatic heterocycles. The van der Waals surface area contributed by atoms with E-state index in [0.717, 1.165) is 15.9 Å². The standard InChI is InChI=1S/C18H16BrN3O2/c1-12-15(11-20-22(12)14-9-7-13(19)8-10-14)18(23)21-16-5-3-4-6-17(16)24-2/h3-11H,1-2H3,(H,21,23). The van der Waals surface area contributed by atoms with E-state index in [1.807, 2.05) is 43.3 Å². The molecule has 0 saturated carbocycles. The largest absolute Gasteiger partial charge is 0.495 e. The lowest BCUT2D eigenvalue weighted by Crippen LogP contribution is -2.13. The molecular formula is C18H16BrN3O2. The van der Waals surface area contributed by atoms with Crippen molar-refractivity contribution >= 4 is 27.5 Å². The molecule has 3 aromatic rings. The van der Waals surface area contributed by atoms with Crippen molar-refractivity contribution in [3.63, 3.8) is 0 Å². The summed E-state index contributed by atoms with van der Waals surface area (Å²) in [7, 11) is 1.57. The molecule has 0 saturated heterocycles. The van der Waals surface area contributed by atoms with E-state index >= 15 is 0 Å². The third-order valence-electron chi connectivity index (χ3n) is 3.68. The van der Waals surface area contributed by atoms with Crippen molar-refractivity contribution < 1.29 is 9.53 Å². The fraction of sp³-hybridized carbons (Fsp3) is 0.111. The summed E-state index contributed by atoms with van der Waals surface area (Å²) in [5.74, 6) is 0.393. The molecule has 0 aliphatic rings. The molecular weight excluding hydrogens is 370 g/mol. The molecule has 1 N–H and O–H groups in total. The van der Waals surface area contributed by atoms with Crippen LogP contribution in [0.5, 0.6) is 5.75 Å². The minimum absolute atomic E-state index is 0.222. The summed E-state index contributed by atoms with van der Waals surface area (Å²) in [6, 6.07) is 15.0. The second kappa shape index (κ2) is 6.88. The van der Waals surface area contributed by atoms with Crippen LogP contribution in [0.4, 0.5) is 5.69 Å². The molecule has 3 rings (SSSR count). The van der Waals surface area contributed by atoms with Gasteiger partial charge in [0.15, 0.2) is 0 Å². The fourth-order valence-corrected chi connectivity index (χ4v) is 2.68. The van der Waals surface area contributed by atoms with Gasteiger partial charge in [-0.05, 0) is 43.3 Å². The SMILES string of the molecule is COc1ccccc1NC(=O)c1cnn(-c2ccc(Br)cc2)c1C. The molecule has 0 bridgehead atoms. The minimum atomic E-state index is -0.222. The maximum atomic E-state index is 12.6. The van der Waals surface area contributed by atoms with Crippen molar-refractivity contribution in [3.05, 3.63) is 70.5 Å². The van der Waals surface area contributed by atoms with Gasteiger partial charge < -0.3 is 10.1 Å². The molecule has 0 unspecified atom stereocenters. The van der Waals surface area contributed by atoms with E-state index in [4.69, 9.17) is 4.74 Å². The number of amides is 1. The number of ether oxygens (including phenoxy) is 1. The van der Waals surface area contributed by atoms with Crippen molar-refractivity contribution in [1.29, 1.82) is 0 Å². The molecule has 0 radical (unpaired) electrons. The van der Waals surface area contributed by atoms with Gasteiger partial charge in [0, 0.05) is 4.47 Å². The Balaban J connectivity index is 1.87. The van der Waals surface area contributed by atoms with Gasteiger partial charge in [-0.1, -0.05) is 28.1 Å². The second-order valence-corrected chi connectivity index (χ2v) is 6.10. The van der Waals surface area contributed by atoms with Crippen LogP contribution in [-0.2, 0) is 0 Å². The highest BCUT2D eigenvalue weighted by Crippen LogP contribution is 2.24. The Hall–Kier alpha value is -2.60. The van der Waals surface area contributed by atoms with Crippen molar-refractivity contribution in [2.45, 2.75) is 6.92 Å². The quantitative estimate of drug-likeness (QED) is 0.731. The topological polar surface area (TPSA) is 56.1 Å². The summed E-state index contributed by atoms with van der Waals surface area (Å²) < 4.78 is 7.99. The van der Waals surface area contributed by atoms with Crippen LogP contribution in [0.15, 0.2) is 59.2 Å². The molecule has 6 heteroatoms. The lowest BCUT2D eigenvalue weighted by Gasteiger charge is -2.10. The molecule has 1 amide bonds. The molecule has 1 heterocycles. The van der Waals surface area contributed by atoms with Crippen molar-refractivity contribution in [2.75, 3.05) is 12.4 Å². The van der Waals surface area contributed by atoms with Crippen LogP contribution >= 0.6 is 15.9 Å². The van der Waals surface area contributed by atoms with Gasteiger partial charge in [0.25, 0.3) is 5.91 Å². The number of aromatic nitrogens is 2. The average molecular weight is 386 g/mol. The van der Waals surface area contributed by atoms with E-state index in [0.29, 0.717) is 17.0 Å². The number of hydrogen-bond donors (Lipinski definition) is 1. The number of carbonyl (C=O) groups is 1. The van der Waals surface area contributed by atoms with E-state index < -0.39 is 0 Å². The number of nitrogens with zero attached hydrogens (tertiary/aromatic N) is 2. The minimum Gasteiger partial charge on any atom is -0.495 e. The van der Waals surface area contributed by atoms with E-state index in [9.17, 15) is 4.79 Å². The van der Waals surface area contributed by atoms with Gasteiger partial charge in [-0.25, -0.2) is 4.68 Å². The Morgan fingerprint density at radius 1 is 1.17 bits per heavy atom. The van der Waals surface area contributed by atoms with Crippen LogP contribution in [0.3, 0.4) is 0 Å². The number of benzene rings is 2. The summed E-state index contributed by atoms with van der Waals surface area (Å²) in [5.41, 5.74) is 2.81. The maximum absolute atomic E-state index is 12.6. The van der Waals surface area contributed by atoms with Crippen LogP contribution < -0.4 is 10.1 Å². The molecule has 0 spiro atoms. The molecule has 0 aliphatic carbocycles. The number of methoxy groups -OCH3 is 1. The van der Waals surface area contributed by atoms with E-state index in [1.165, 1.54) is 0 Å². The zero-order valence-corrected chi connectivity index (χ0v) is 14.9. The van der Waals surface area contributed by atoms with E-state index in [2.05, 4.69) is 26.3 Å². The van der Waals surface area contributed by atoms with Crippen molar-refractivity contribution in [2.24, 2.45) is 0 Å². The lowest BCUT2D eigenvalue weighted by molar-refractivity contribution is 0.102. The van der Waals surface area contributed by atoms with Crippen LogP contribution in [0.1, 0.15) is 16.1 Å². The number of para-hydroxylation sites is 2. The molecule has 122 valence electrons. The van der Waals surface area contributed by atoms with Gasteiger partial charge in [0.05, 0.1) is 35.9 Å². The van der Waals surface area contributed by atoms with Gasteiger partial charge in [0.1, 0.15) is 5.75 Å². The first-order chi connectivity index (χ1) is 11.6. The normalized spacial score (nSPS) is 10.5. The van der Waals surface area contributed by atoms with Crippen molar-refractivity contribution in [1.82, 2.24) is 9.78 Å². The van der Waals surface area contributed by atoms with Crippen molar-refractivity contribution in [3.8, 4) is 11.4 Å². The van der Waals surface area contributed by atoms with Gasteiger partial charge >= 0.3 is 0 Å². The van der Waals surface area contributed by atoms with E-state index in [-0.39, 0.29) is 5.91 Å². The number of hydrogen-bond acceptors (Lipinski definition) is 3. The van der Waals surface area contributed by atoms with Gasteiger partial charge in [-0.15, -0.1) is 0 Å². The first-order valence-electron chi connectivity index (χ1n) is 7.35. The smallest absolute Gasteiger partial charge is 0.259 e. The van der Waals surface area contributed by atoms with Crippen LogP contribution in [0.25, 0.3) is 5.69 Å². The molecule has 2 aromatic carbocycles. The monoisotopic (exact) mass is 385 g/mol. The summed E-state index contributed by atoms with van der Waals surface area (Å²) in [4.78, 5) is 12.6. The fourth-order valence-electron chi connectivity index (χ4n) is 2.41. The van der Waals surface area contributed by atoms with Gasteiger partial charge in [-0.2, -0.15) is 5.10 Å². The summed E-state index contributed by atoms with van der Waals surface area (Å²) >= 11 is 3.41. The molecule has 1 aromatic heterocycles. The zero-order chi connectivity index (χ0) is 17.1. The number of halogens is 1. The Morgan fingerprint density at radius 3 is 2.58 bits per heavy atom. The lowest BCUT2D eigenvalue weighted by atomic mass is 10.2. The third-order valence-corrected chi connectivity index (χ3v) is 4.21. The Bertz CT molecular complexity index is 872. The zero-order valence-electron chi connectivity index (χ0n) is 13.3. The first-order valence-corrected chi connectivity index (χ1v) is 8.14. The third kappa shape index (κ3) is 3.19. The second-order valence-electron chi connectivity index (χ2n) is 5.19. The van der Waals surface area contributed by atoms with E-state index in [1.54, 1.807) is 30.1 Å². The molecule has 0 atom stereocenters. The van der Waals surface area contributed by atoms with Crippen LogP contribution in [-0.4, -0.2) is 22.8 Å². The average Bonchev–Trinajstić information content (AvgIpc) is 2.98. The molecule has 5 nitrogen and oxygen atoms in total. The highest BCUT2D eigenvalue weighted by molar-refractivity contribution is 9.10. The predicted molar refractivity (Wildman–Crippen MR) is 96.9 cm³/mol. The van der Waals surface area contributed by atoms with Crippen LogP contribution in [0.2, 0.25) is 0 Å². The van der Waals surface area contributed by atoms with Crippen LogP contribution in [0, 0.1) is 6.92 Å². The number of carbonyl (C=O) groups excluding carboxylic acids is 1. The Kier molecular flexibility index (Phi) is 4.66. The highest BCUT2D eigenvalue weighted by Gasteiger charge is 2.16. The maximum Gasteiger partial charge on any atom is 0.259 e. The highest BCUT2D eigenvalue weighted by atomic mass is 79.9. The van der Waals surface area contributed by atoms with Gasteiger partial charge in [0.2, 0.25) is 0 Å². The predicted octanol–water partition coefficient (Wildman–Crippen LogP) is 4.20. The summed E-state index contributed by atoms with van der Waals surface area (Å²) in [6.07, 6.45) is 1.57. The Labute approximate surface area is 148 Å². The number of nitrogens with one attached hydrogen (secondary N) is 1. The Morgan fingerprint density at radius 2 is 1.88 bits per heavy atom. The summed E-state index contributed by atoms with van der Waals surface area (Å²) in [6.45, 7) is 1.87. The molecule has 0 fully saturated rings. The first kappa shape index (κ1) is 16.3. The summed E-state index contributed by atoms with van der Waals surface area (Å²) in [5, 5.41) is 7.20. The number of rotatable bonds is 4. The van der Waals surface area contributed by atoms with Gasteiger partial charge in [-0.3, -0.25) is 4.79 Å². The molecule has 24 heavy (non-hydrogen) atoms.